The Bertz CT molecular complexity index is 411. The third-order valence-electron chi connectivity index (χ3n) is 2.79. The van der Waals surface area contributed by atoms with E-state index in [1.807, 2.05) is 30.8 Å². The summed E-state index contributed by atoms with van der Waals surface area (Å²) in [6, 6.07) is 0. The van der Waals surface area contributed by atoms with E-state index in [1.54, 1.807) is 0 Å². The van der Waals surface area contributed by atoms with Gasteiger partial charge in [-0.2, -0.15) is 15.0 Å². The monoisotopic (exact) mass is 252 g/mol. The molecule has 2 rings (SSSR count). The van der Waals surface area contributed by atoms with Crippen LogP contribution in [0.1, 0.15) is 13.3 Å². The number of aromatic nitrogens is 3. The molecule has 1 saturated heterocycles. The van der Waals surface area contributed by atoms with Gasteiger partial charge in [0.1, 0.15) is 0 Å². The summed E-state index contributed by atoms with van der Waals surface area (Å²) in [6.07, 6.45) is 0.478. The quantitative estimate of drug-likeness (QED) is 0.777. The van der Waals surface area contributed by atoms with Gasteiger partial charge in [-0.3, -0.25) is 0 Å². The SMILES string of the molecule is CCNc1nc(N(C)C)nc(N2CCC(O)C2)n1. The number of anilines is 3. The average molecular weight is 252 g/mol. The summed E-state index contributed by atoms with van der Waals surface area (Å²) in [6.45, 7) is 4.13. The van der Waals surface area contributed by atoms with E-state index in [0.717, 1.165) is 19.5 Å². The maximum absolute atomic E-state index is 9.57. The normalized spacial score (nSPS) is 19.1. The van der Waals surface area contributed by atoms with Crippen LogP contribution in [0.5, 0.6) is 0 Å². The number of hydrogen-bond acceptors (Lipinski definition) is 7. The zero-order valence-electron chi connectivity index (χ0n) is 11.1. The largest absolute Gasteiger partial charge is 0.391 e. The summed E-state index contributed by atoms with van der Waals surface area (Å²) in [5, 5.41) is 12.7. The summed E-state index contributed by atoms with van der Waals surface area (Å²) in [7, 11) is 3.79. The molecule has 100 valence electrons. The first-order valence-electron chi connectivity index (χ1n) is 6.20. The molecule has 1 aromatic rings. The second-order valence-corrected chi connectivity index (χ2v) is 4.57. The second kappa shape index (κ2) is 5.34. The van der Waals surface area contributed by atoms with E-state index >= 15 is 0 Å². The van der Waals surface area contributed by atoms with Crippen LogP contribution in [0, 0.1) is 0 Å². The Kier molecular flexibility index (Phi) is 3.81. The van der Waals surface area contributed by atoms with Gasteiger partial charge < -0.3 is 20.2 Å². The van der Waals surface area contributed by atoms with Crippen LogP contribution >= 0.6 is 0 Å². The Morgan fingerprint density at radius 1 is 1.39 bits per heavy atom. The van der Waals surface area contributed by atoms with Crippen LogP contribution in [0.15, 0.2) is 0 Å². The fourth-order valence-electron chi connectivity index (χ4n) is 1.86. The van der Waals surface area contributed by atoms with E-state index in [0.29, 0.717) is 24.4 Å². The van der Waals surface area contributed by atoms with Gasteiger partial charge in [0.05, 0.1) is 6.10 Å². The average Bonchev–Trinajstić information content (AvgIpc) is 2.76. The molecule has 0 aliphatic carbocycles. The summed E-state index contributed by atoms with van der Waals surface area (Å²) in [5.74, 6) is 1.83. The summed E-state index contributed by atoms with van der Waals surface area (Å²) in [5.41, 5.74) is 0. The minimum Gasteiger partial charge on any atom is -0.391 e. The van der Waals surface area contributed by atoms with Crippen LogP contribution in [0.2, 0.25) is 0 Å². The standard InChI is InChI=1S/C11H20N6O/c1-4-12-9-13-10(16(2)3)15-11(14-9)17-6-5-8(18)7-17/h8,18H,4-7H2,1-3H3,(H,12,13,14,15). The first-order chi connectivity index (χ1) is 8.60. The van der Waals surface area contributed by atoms with Crippen molar-refractivity contribution >= 4 is 17.8 Å². The highest BCUT2D eigenvalue weighted by Gasteiger charge is 2.23. The van der Waals surface area contributed by atoms with E-state index in [9.17, 15) is 5.11 Å². The van der Waals surface area contributed by atoms with Crippen molar-refractivity contribution in [3.63, 3.8) is 0 Å². The van der Waals surface area contributed by atoms with Crippen molar-refractivity contribution in [1.82, 2.24) is 15.0 Å². The molecule has 1 fully saturated rings. The molecule has 1 aliphatic heterocycles. The molecule has 0 spiro atoms. The molecule has 0 radical (unpaired) electrons. The van der Waals surface area contributed by atoms with E-state index in [1.165, 1.54) is 0 Å². The fraction of sp³-hybridized carbons (Fsp3) is 0.727. The van der Waals surface area contributed by atoms with Gasteiger partial charge in [-0.15, -0.1) is 0 Å². The Morgan fingerprint density at radius 3 is 2.72 bits per heavy atom. The van der Waals surface area contributed by atoms with Gasteiger partial charge in [0, 0.05) is 33.7 Å². The lowest BCUT2D eigenvalue weighted by Gasteiger charge is -2.19. The summed E-state index contributed by atoms with van der Waals surface area (Å²) < 4.78 is 0. The van der Waals surface area contributed by atoms with Gasteiger partial charge in [0.25, 0.3) is 0 Å². The molecular formula is C11H20N6O. The molecule has 1 aliphatic rings. The van der Waals surface area contributed by atoms with Crippen LogP contribution < -0.4 is 15.1 Å². The van der Waals surface area contributed by atoms with Crippen molar-refractivity contribution in [3.05, 3.63) is 0 Å². The van der Waals surface area contributed by atoms with Crippen molar-refractivity contribution in [2.45, 2.75) is 19.4 Å². The smallest absolute Gasteiger partial charge is 0.232 e. The molecule has 0 aromatic carbocycles. The Labute approximate surface area is 107 Å². The number of nitrogens with zero attached hydrogens (tertiary/aromatic N) is 5. The molecule has 1 unspecified atom stereocenters. The zero-order valence-corrected chi connectivity index (χ0v) is 11.1. The number of β-amino-alcohol motifs (C(OH)–C–C–N with tert-alkyl or cyclic N) is 1. The molecule has 0 amide bonds. The third kappa shape index (κ3) is 2.79. The van der Waals surface area contributed by atoms with E-state index in [-0.39, 0.29) is 6.10 Å². The van der Waals surface area contributed by atoms with Crippen LogP contribution in [0.4, 0.5) is 17.8 Å². The van der Waals surface area contributed by atoms with Crippen LogP contribution in [-0.4, -0.2) is 59.9 Å². The van der Waals surface area contributed by atoms with Crippen molar-refractivity contribution in [2.75, 3.05) is 48.8 Å². The predicted molar refractivity (Wildman–Crippen MR) is 71.2 cm³/mol. The van der Waals surface area contributed by atoms with Gasteiger partial charge >= 0.3 is 0 Å². The Morgan fingerprint density at radius 2 is 2.17 bits per heavy atom. The number of rotatable bonds is 4. The van der Waals surface area contributed by atoms with Crippen molar-refractivity contribution in [2.24, 2.45) is 0 Å². The summed E-state index contributed by atoms with van der Waals surface area (Å²) in [4.78, 5) is 16.9. The highest BCUT2D eigenvalue weighted by Crippen LogP contribution is 2.19. The molecule has 2 heterocycles. The molecule has 18 heavy (non-hydrogen) atoms. The lowest BCUT2D eigenvalue weighted by molar-refractivity contribution is 0.198. The van der Waals surface area contributed by atoms with Crippen molar-refractivity contribution in [3.8, 4) is 0 Å². The molecule has 1 aromatic heterocycles. The minimum atomic E-state index is -0.285. The Hall–Kier alpha value is -1.63. The molecule has 2 N–H and O–H groups in total. The number of aliphatic hydroxyl groups is 1. The van der Waals surface area contributed by atoms with Crippen LogP contribution in [-0.2, 0) is 0 Å². The number of nitrogens with one attached hydrogen (secondary N) is 1. The predicted octanol–water partition coefficient (Wildman–Crippen LogP) is -0.0596. The summed E-state index contributed by atoms with van der Waals surface area (Å²) >= 11 is 0. The molecule has 7 heteroatoms. The van der Waals surface area contributed by atoms with Crippen LogP contribution in [0.25, 0.3) is 0 Å². The minimum absolute atomic E-state index is 0.285. The lowest BCUT2D eigenvalue weighted by atomic mass is 10.3. The van der Waals surface area contributed by atoms with Gasteiger partial charge in [0.15, 0.2) is 0 Å². The van der Waals surface area contributed by atoms with Crippen molar-refractivity contribution in [1.29, 1.82) is 0 Å². The van der Waals surface area contributed by atoms with E-state index in [4.69, 9.17) is 0 Å². The number of hydrogen-bond donors (Lipinski definition) is 2. The third-order valence-corrected chi connectivity index (χ3v) is 2.79. The van der Waals surface area contributed by atoms with Gasteiger partial charge in [-0.25, -0.2) is 0 Å². The second-order valence-electron chi connectivity index (χ2n) is 4.57. The maximum atomic E-state index is 9.57. The van der Waals surface area contributed by atoms with Crippen molar-refractivity contribution < 1.29 is 5.11 Å². The highest BCUT2D eigenvalue weighted by molar-refractivity contribution is 5.45. The Balaban J connectivity index is 2.27. The topological polar surface area (TPSA) is 77.4 Å². The van der Waals surface area contributed by atoms with Crippen LogP contribution in [0.3, 0.4) is 0 Å². The van der Waals surface area contributed by atoms with Gasteiger partial charge in [-0.1, -0.05) is 0 Å². The van der Waals surface area contributed by atoms with Gasteiger partial charge in [0.2, 0.25) is 17.8 Å². The van der Waals surface area contributed by atoms with Gasteiger partial charge in [-0.05, 0) is 13.3 Å². The number of aliphatic hydroxyl groups excluding tert-OH is 1. The fourth-order valence-corrected chi connectivity index (χ4v) is 1.86. The van der Waals surface area contributed by atoms with E-state index in [2.05, 4.69) is 20.3 Å². The lowest BCUT2D eigenvalue weighted by Crippen LogP contribution is -2.25. The first kappa shape index (κ1) is 12.8. The molecule has 0 saturated carbocycles. The zero-order chi connectivity index (χ0) is 13.1. The first-order valence-corrected chi connectivity index (χ1v) is 6.20. The molecule has 1 atom stereocenters. The molecular weight excluding hydrogens is 232 g/mol. The molecule has 0 bridgehead atoms. The van der Waals surface area contributed by atoms with E-state index < -0.39 is 0 Å². The molecule has 7 nitrogen and oxygen atoms in total. The maximum Gasteiger partial charge on any atom is 0.232 e. The highest BCUT2D eigenvalue weighted by atomic mass is 16.3.